The van der Waals surface area contributed by atoms with Gasteiger partial charge in [0.1, 0.15) is 11.4 Å². The summed E-state index contributed by atoms with van der Waals surface area (Å²) in [5, 5.41) is 2.41. The number of nitrogens with zero attached hydrogens (tertiary/aromatic N) is 1. The largest absolute Gasteiger partial charge is 0.444 e. The molecule has 0 unspecified atom stereocenters. The second kappa shape index (κ2) is 7.47. The van der Waals surface area contributed by atoms with Gasteiger partial charge in [0.15, 0.2) is 0 Å². The van der Waals surface area contributed by atoms with Gasteiger partial charge in [0.25, 0.3) is 0 Å². The lowest BCUT2D eigenvalue weighted by molar-refractivity contribution is 0.0190. The molecule has 6 nitrogen and oxygen atoms in total. The third kappa shape index (κ3) is 4.66. The maximum absolute atomic E-state index is 12.6. The molecule has 1 aromatic carbocycles. The van der Waals surface area contributed by atoms with Crippen LogP contribution in [-0.2, 0) is 11.2 Å². The van der Waals surface area contributed by atoms with Crippen molar-refractivity contribution in [3.63, 3.8) is 0 Å². The molecule has 2 amide bonds. The SMILES string of the molecule is C#CCN(C(=O)OC(C)(C)C)[C@@H]1CCc2ccc(OC(=O)NC)cc21. The molecule has 1 N–H and O–H groups in total. The predicted molar refractivity (Wildman–Crippen MR) is 94.4 cm³/mol. The summed E-state index contributed by atoms with van der Waals surface area (Å²) >= 11 is 0. The van der Waals surface area contributed by atoms with Crippen molar-refractivity contribution in [1.82, 2.24) is 10.2 Å². The maximum Gasteiger partial charge on any atom is 0.412 e. The number of hydrogen-bond donors (Lipinski definition) is 1. The normalized spacial score (nSPS) is 15.7. The number of terminal acetylenes is 1. The van der Waals surface area contributed by atoms with Gasteiger partial charge in [0, 0.05) is 7.05 Å². The molecule has 25 heavy (non-hydrogen) atoms. The number of amides is 2. The lowest BCUT2D eigenvalue weighted by Crippen LogP contribution is -2.39. The molecule has 134 valence electrons. The molecule has 0 saturated carbocycles. The van der Waals surface area contributed by atoms with Crippen LogP contribution in [0.5, 0.6) is 5.75 Å². The molecule has 1 aromatic rings. The van der Waals surface area contributed by atoms with E-state index in [4.69, 9.17) is 15.9 Å². The minimum atomic E-state index is -0.602. The Morgan fingerprint density at radius 3 is 2.72 bits per heavy atom. The third-order valence-electron chi connectivity index (χ3n) is 3.84. The van der Waals surface area contributed by atoms with Crippen molar-refractivity contribution >= 4 is 12.2 Å². The van der Waals surface area contributed by atoms with Crippen molar-refractivity contribution in [1.29, 1.82) is 0 Å². The van der Waals surface area contributed by atoms with Crippen LogP contribution in [0.2, 0.25) is 0 Å². The summed E-state index contributed by atoms with van der Waals surface area (Å²) in [6, 6.07) is 5.25. The molecular formula is C19H24N2O4. The molecule has 1 aliphatic rings. The second-order valence-electron chi connectivity index (χ2n) is 6.87. The maximum atomic E-state index is 12.6. The quantitative estimate of drug-likeness (QED) is 0.855. The summed E-state index contributed by atoms with van der Waals surface area (Å²) in [5.41, 5.74) is 1.44. The van der Waals surface area contributed by atoms with Crippen LogP contribution in [0.1, 0.15) is 44.4 Å². The predicted octanol–water partition coefficient (Wildman–Crippen LogP) is 3.26. The highest BCUT2D eigenvalue weighted by atomic mass is 16.6. The Kier molecular flexibility index (Phi) is 5.58. The summed E-state index contributed by atoms with van der Waals surface area (Å²) < 4.78 is 10.7. The van der Waals surface area contributed by atoms with Gasteiger partial charge >= 0.3 is 12.2 Å². The molecule has 0 aliphatic heterocycles. The van der Waals surface area contributed by atoms with Crippen molar-refractivity contribution in [3.05, 3.63) is 29.3 Å². The number of aryl methyl sites for hydroxylation is 1. The molecular weight excluding hydrogens is 320 g/mol. The van der Waals surface area contributed by atoms with Crippen LogP contribution >= 0.6 is 0 Å². The van der Waals surface area contributed by atoms with Gasteiger partial charge in [0.2, 0.25) is 0 Å². The van der Waals surface area contributed by atoms with E-state index in [1.165, 1.54) is 7.05 Å². The monoisotopic (exact) mass is 344 g/mol. The molecule has 0 bridgehead atoms. The minimum Gasteiger partial charge on any atom is -0.444 e. The Hall–Kier alpha value is -2.68. The molecule has 0 heterocycles. The average molecular weight is 344 g/mol. The average Bonchev–Trinajstić information content (AvgIpc) is 2.93. The number of fused-ring (bicyclic) bond motifs is 1. The highest BCUT2D eigenvalue weighted by molar-refractivity contribution is 5.71. The second-order valence-corrected chi connectivity index (χ2v) is 6.87. The van der Waals surface area contributed by atoms with Gasteiger partial charge in [0.05, 0.1) is 12.6 Å². The number of benzene rings is 1. The van der Waals surface area contributed by atoms with Crippen molar-refractivity contribution in [3.8, 4) is 18.1 Å². The van der Waals surface area contributed by atoms with Crippen LogP contribution in [0.15, 0.2) is 18.2 Å². The number of carbonyl (C=O) groups excluding carboxylic acids is 2. The van der Waals surface area contributed by atoms with E-state index < -0.39 is 17.8 Å². The third-order valence-corrected chi connectivity index (χ3v) is 3.84. The van der Waals surface area contributed by atoms with Crippen molar-refractivity contribution < 1.29 is 19.1 Å². The Morgan fingerprint density at radius 1 is 1.40 bits per heavy atom. The van der Waals surface area contributed by atoms with Crippen LogP contribution in [0.3, 0.4) is 0 Å². The first-order valence-electron chi connectivity index (χ1n) is 8.20. The number of ether oxygens (including phenoxy) is 2. The zero-order chi connectivity index (χ0) is 18.6. The first-order valence-corrected chi connectivity index (χ1v) is 8.20. The highest BCUT2D eigenvalue weighted by Gasteiger charge is 2.33. The summed E-state index contributed by atoms with van der Waals surface area (Å²) in [4.78, 5) is 25.5. The minimum absolute atomic E-state index is 0.152. The van der Waals surface area contributed by atoms with Crippen molar-refractivity contribution in [2.24, 2.45) is 0 Å². The van der Waals surface area contributed by atoms with Gasteiger partial charge in [-0.2, -0.15) is 0 Å². The number of carbonyl (C=O) groups is 2. The lowest BCUT2D eigenvalue weighted by atomic mass is 10.1. The fourth-order valence-corrected chi connectivity index (χ4v) is 2.82. The molecule has 0 spiro atoms. The molecule has 1 aliphatic carbocycles. The van der Waals surface area contributed by atoms with Crippen LogP contribution < -0.4 is 10.1 Å². The summed E-state index contributed by atoms with van der Waals surface area (Å²) in [7, 11) is 1.50. The zero-order valence-electron chi connectivity index (χ0n) is 15.1. The molecule has 0 radical (unpaired) electrons. The first kappa shape index (κ1) is 18.7. The van der Waals surface area contributed by atoms with Gasteiger partial charge < -0.3 is 14.8 Å². The van der Waals surface area contributed by atoms with Crippen molar-refractivity contribution in [2.45, 2.75) is 45.3 Å². The first-order chi connectivity index (χ1) is 11.7. The van der Waals surface area contributed by atoms with E-state index in [9.17, 15) is 9.59 Å². The van der Waals surface area contributed by atoms with Crippen molar-refractivity contribution in [2.75, 3.05) is 13.6 Å². The summed E-state index contributed by atoms with van der Waals surface area (Å²) in [5.74, 6) is 2.95. The molecule has 0 aromatic heterocycles. The van der Waals surface area contributed by atoms with E-state index in [2.05, 4.69) is 11.2 Å². The number of hydrogen-bond acceptors (Lipinski definition) is 4. The Labute approximate surface area is 148 Å². The highest BCUT2D eigenvalue weighted by Crippen LogP contribution is 2.38. The fraction of sp³-hybridized carbons (Fsp3) is 0.474. The molecule has 2 rings (SSSR count). The Morgan fingerprint density at radius 2 is 2.12 bits per heavy atom. The molecule has 1 atom stereocenters. The van der Waals surface area contributed by atoms with E-state index in [0.29, 0.717) is 5.75 Å². The van der Waals surface area contributed by atoms with E-state index in [1.54, 1.807) is 17.0 Å². The van der Waals surface area contributed by atoms with E-state index in [1.807, 2.05) is 26.8 Å². The van der Waals surface area contributed by atoms with Crippen LogP contribution in [0, 0.1) is 12.3 Å². The van der Waals surface area contributed by atoms with Crippen LogP contribution in [0.4, 0.5) is 9.59 Å². The van der Waals surface area contributed by atoms with Gasteiger partial charge in [-0.05, 0) is 56.9 Å². The van der Waals surface area contributed by atoms with E-state index >= 15 is 0 Å². The van der Waals surface area contributed by atoms with Gasteiger partial charge in [-0.15, -0.1) is 6.42 Å². The fourth-order valence-electron chi connectivity index (χ4n) is 2.82. The smallest absolute Gasteiger partial charge is 0.412 e. The number of nitrogens with one attached hydrogen (secondary N) is 1. The van der Waals surface area contributed by atoms with E-state index in [-0.39, 0.29) is 12.6 Å². The topological polar surface area (TPSA) is 67.9 Å². The van der Waals surface area contributed by atoms with Gasteiger partial charge in [-0.3, -0.25) is 4.90 Å². The Bertz CT molecular complexity index is 700. The number of rotatable bonds is 3. The molecule has 0 fully saturated rings. The summed E-state index contributed by atoms with van der Waals surface area (Å²) in [6.07, 6.45) is 6.05. The summed E-state index contributed by atoms with van der Waals surface area (Å²) in [6.45, 7) is 5.60. The van der Waals surface area contributed by atoms with Gasteiger partial charge in [-0.1, -0.05) is 12.0 Å². The zero-order valence-corrected chi connectivity index (χ0v) is 15.1. The molecule has 6 heteroatoms. The standard InChI is InChI=1S/C19H24N2O4/c1-6-11-21(18(23)25-19(2,3)4)16-10-8-13-7-9-14(12-15(13)16)24-17(22)20-5/h1,7,9,12,16H,8,10-11H2,2-5H3,(H,20,22)/t16-/m1/s1. The van der Waals surface area contributed by atoms with Gasteiger partial charge in [-0.25, -0.2) is 9.59 Å². The van der Waals surface area contributed by atoms with E-state index in [0.717, 1.165) is 24.0 Å². The van der Waals surface area contributed by atoms with Crippen LogP contribution in [0.25, 0.3) is 0 Å². The molecule has 0 saturated heterocycles. The van der Waals surface area contributed by atoms with Crippen LogP contribution in [-0.4, -0.2) is 36.3 Å². The Balaban J connectivity index is 2.28. The lowest BCUT2D eigenvalue weighted by Gasteiger charge is -2.31.